The van der Waals surface area contributed by atoms with Crippen molar-refractivity contribution in [3.05, 3.63) is 89.5 Å². The highest BCUT2D eigenvalue weighted by atomic mass is 19.4. The monoisotopic (exact) mass is 471 g/mol. The molecule has 0 radical (unpaired) electrons. The number of nitrogens with zero attached hydrogens (tertiary/aromatic N) is 1. The van der Waals surface area contributed by atoms with Crippen LogP contribution in [0.3, 0.4) is 0 Å². The molecule has 0 spiro atoms. The van der Waals surface area contributed by atoms with Gasteiger partial charge in [-0.05, 0) is 18.4 Å². The summed E-state index contributed by atoms with van der Waals surface area (Å²) in [6, 6.07) is 9.55. The first-order chi connectivity index (χ1) is 16.3. The molecule has 2 aromatic rings. The Balaban J connectivity index is 1.75. The maximum atomic E-state index is 13.4. The molecule has 3 aliphatic rings. The number of ether oxygens (including phenoxy) is 3. The van der Waals surface area contributed by atoms with E-state index in [1.165, 1.54) is 45.0 Å². The first kappa shape index (κ1) is 22.5. The number of allylic oxidation sites excluding steroid dienone is 3. The van der Waals surface area contributed by atoms with Crippen molar-refractivity contribution in [2.24, 2.45) is 5.92 Å². The van der Waals surface area contributed by atoms with Gasteiger partial charge in [-0.15, -0.1) is 0 Å². The Morgan fingerprint density at radius 2 is 1.94 bits per heavy atom. The Hall–Kier alpha value is -3.26. The third-order valence-electron chi connectivity index (χ3n) is 7.15. The Labute approximate surface area is 195 Å². The Kier molecular flexibility index (Phi) is 5.24. The van der Waals surface area contributed by atoms with E-state index >= 15 is 0 Å². The molecule has 1 unspecified atom stereocenters. The summed E-state index contributed by atoms with van der Waals surface area (Å²) in [7, 11) is 2.97. The summed E-state index contributed by atoms with van der Waals surface area (Å²) in [5.74, 6) is -0.284. The second-order valence-corrected chi connectivity index (χ2v) is 8.73. The van der Waals surface area contributed by atoms with Crippen LogP contribution in [-0.4, -0.2) is 36.1 Å². The molecule has 1 aliphatic heterocycles. The van der Waals surface area contributed by atoms with Gasteiger partial charge >= 0.3 is 6.18 Å². The normalized spacial score (nSPS) is 31.0. The maximum absolute atomic E-state index is 13.4. The minimum atomic E-state index is -4.45. The van der Waals surface area contributed by atoms with Crippen molar-refractivity contribution in [3.8, 4) is 11.5 Å². The van der Waals surface area contributed by atoms with Gasteiger partial charge in [0.1, 0.15) is 11.5 Å². The van der Waals surface area contributed by atoms with Crippen LogP contribution >= 0.6 is 0 Å². The maximum Gasteiger partial charge on any atom is 0.416 e. The molecule has 0 saturated heterocycles. The molecule has 0 bridgehead atoms. The molecule has 34 heavy (non-hydrogen) atoms. The molecule has 2 heterocycles. The van der Waals surface area contributed by atoms with Crippen LogP contribution in [-0.2, 0) is 10.3 Å². The average Bonchev–Trinajstić information content (AvgIpc) is 3.25. The summed E-state index contributed by atoms with van der Waals surface area (Å²) >= 11 is 0. The first-order valence-corrected chi connectivity index (χ1v) is 10.9. The van der Waals surface area contributed by atoms with Crippen LogP contribution in [0.2, 0.25) is 0 Å². The predicted octanol–water partition coefficient (Wildman–Crippen LogP) is 5.19. The van der Waals surface area contributed by atoms with Crippen LogP contribution in [0.5, 0.6) is 11.5 Å². The smallest absolute Gasteiger partial charge is 0.416 e. The molecule has 1 fully saturated rings. The summed E-state index contributed by atoms with van der Waals surface area (Å²) in [4.78, 5) is 4.18. The summed E-state index contributed by atoms with van der Waals surface area (Å²) in [5.41, 5.74) is -1.90. The second-order valence-electron chi connectivity index (χ2n) is 8.73. The number of pyridine rings is 1. The molecule has 8 heteroatoms. The van der Waals surface area contributed by atoms with Crippen molar-refractivity contribution >= 4 is 0 Å². The lowest BCUT2D eigenvalue weighted by atomic mass is 9.66. The van der Waals surface area contributed by atoms with E-state index in [-0.39, 0.29) is 12.3 Å². The van der Waals surface area contributed by atoms with Gasteiger partial charge in [0, 0.05) is 17.4 Å². The third kappa shape index (κ3) is 3.01. The van der Waals surface area contributed by atoms with Gasteiger partial charge in [0.05, 0.1) is 44.0 Å². The molecule has 1 aromatic carbocycles. The van der Waals surface area contributed by atoms with Crippen molar-refractivity contribution in [3.63, 3.8) is 0 Å². The van der Waals surface area contributed by atoms with Gasteiger partial charge in [-0.2, -0.15) is 13.2 Å². The Bertz CT molecular complexity index is 1190. The largest absolute Gasteiger partial charge is 0.504 e. The van der Waals surface area contributed by atoms with Gasteiger partial charge in [0.2, 0.25) is 0 Å². The van der Waals surface area contributed by atoms with Gasteiger partial charge < -0.3 is 19.3 Å². The molecule has 2 aliphatic carbocycles. The highest BCUT2D eigenvalue weighted by Crippen LogP contribution is 2.69. The van der Waals surface area contributed by atoms with E-state index < -0.39 is 28.9 Å². The van der Waals surface area contributed by atoms with Gasteiger partial charge in [-0.1, -0.05) is 48.6 Å². The number of alkyl halides is 3. The summed E-state index contributed by atoms with van der Waals surface area (Å²) in [6.07, 6.45) is 4.23. The van der Waals surface area contributed by atoms with E-state index in [2.05, 4.69) is 4.98 Å². The minimum absolute atomic E-state index is 0.0426. The molecule has 0 amide bonds. The van der Waals surface area contributed by atoms with E-state index in [1.54, 1.807) is 0 Å². The average molecular weight is 471 g/mol. The first-order valence-electron chi connectivity index (χ1n) is 10.9. The van der Waals surface area contributed by atoms with Crippen molar-refractivity contribution in [2.75, 3.05) is 14.2 Å². The van der Waals surface area contributed by atoms with Gasteiger partial charge in [0.25, 0.3) is 0 Å². The number of rotatable bonds is 4. The van der Waals surface area contributed by atoms with Crippen molar-refractivity contribution in [1.29, 1.82) is 0 Å². The zero-order valence-electron chi connectivity index (χ0n) is 18.7. The number of hydrogen-bond acceptors (Lipinski definition) is 5. The zero-order valence-corrected chi connectivity index (χ0v) is 18.7. The third-order valence-corrected chi connectivity index (χ3v) is 7.15. The minimum Gasteiger partial charge on any atom is -0.504 e. The number of aromatic nitrogens is 1. The quantitative estimate of drug-likeness (QED) is 0.622. The second kappa shape index (κ2) is 7.91. The van der Waals surface area contributed by atoms with Gasteiger partial charge in [-0.25, -0.2) is 0 Å². The standard InChI is InChI=1S/C26H24F3NO4/c1-32-15-19-12-20(16-6-4-3-5-7-16)25(17-8-10-18(11-9-17)26(27,28)29)24(19,31)23-21(33-2)13-30-14-22(23)34-25/h3-8,10-11,13-15,17,20,31H,9,12H2,1-2H3/b19-15+/t17?,20-,24+,25-/m0/s1. The summed E-state index contributed by atoms with van der Waals surface area (Å²) < 4.78 is 57.6. The Morgan fingerprint density at radius 3 is 2.56 bits per heavy atom. The lowest BCUT2D eigenvalue weighted by Gasteiger charge is -2.45. The van der Waals surface area contributed by atoms with Crippen LogP contribution < -0.4 is 9.47 Å². The number of hydrogen-bond donors (Lipinski definition) is 1. The van der Waals surface area contributed by atoms with Crippen LogP contribution in [0, 0.1) is 5.92 Å². The molecule has 5 rings (SSSR count). The summed E-state index contributed by atoms with van der Waals surface area (Å²) in [6.45, 7) is 0. The van der Waals surface area contributed by atoms with Crippen molar-refractivity contribution in [1.82, 2.24) is 4.98 Å². The van der Waals surface area contributed by atoms with Crippen LogP contribution in [0.1, 0.15) is 29.9 Å². The van der Waals surface area contributed by atoms with Crippen molar-refractivity contribution in [2.45, 2.75) is 36.1 Å². The molecular weight excluding hydrogens is 447 g/mol. The topological polar surface area (TPSA) is 60.8 Å². The zero-order chi connectivity index (χ0) is 24.1. The number of methoxy groups -OCH3 is 2. The predicted molar refractivity (Wildman–Crippen MR) is 118 cm³/mol. The number of aliphatic hydroxyl groups is 1. The molecular formula is C26H24F3NO4. The molecule has 1 N–H and O–H groups in total. The fourth-order valence-corrected chi connectivity index (χ4v) is 5.79. The number of halogens is 3. The summed E-state index contributed by atoms with van der Waals surface area (Å²) in [5, 5.41) is 12.6. The van der Waals surface area contributed by atoms with Crippen molar-refractivity contribution < 1.29 is 32.5 Å². The molecule has 1 aromatic heterocycles. The number of benzene rings is 1. The lowest BCUT2D eigenvalue weighted by molar-refractivity contribution is -0.110. The van der Waals surface area contributed by atoms with E-state index in [0.717, 1.165) is 11.6 Å². The molecule has 4 atom stereocenters. The highest BCUT2D eigenvalue weighted by Gasteiger charge is 2.73. The molecule has 178 valence electrons. The van der Waals surface area contributed by atoms with E-state index in [4.69, 9.17) is 14.2 Å². The van der Waals surface area contributed by atoms with E-state index in [1.807, 2.05) is 30.3 Å². The highest BCUT2D eigenvalue weighted by molar-refractivity contribution is 5.61. The molecule has 5 nitrogen and oxygen atoms in total. The van der Waals surface area contributed by atoms with Gasteiger partial charge in [-0.3, -0.25) is 4.98 Å². The van der Waals surface area contributed by atoms with Crippen LogP contribution in [0.4, 0.5) is 13.2 Å². The van der Waals surface area contributed by atoms with E-state index in [0.29, 0.717) is 29.1 Å². The molecule has 1 saturated carbocycles. The fraction of sp³-hybridized carbons (Fsp3) is 0.346. The fourth-order valence-electron chi connectivity index (χ4n) is 5.79. The lowest BCUT2D eigenvalue weighted by Crippen LogP contribution is -2.56. The van der Waals surface area contributed by atoms with Crippen LogP contribution in [0.25, 0.3) is 0 Å². The van der Waals surface area contributed by atoms with E-state index in [9.17, 15) is 18.3 Å². The SMILES string of the molecule is CO/C=C1\C[C@@H](c2ccccc2)[C@]2(C3C=CC(C(F)(F)F)=CC3)Oc3cncc(OC)c3[C@]12O. The van der Waals surface area contributed by atoms with Crippen LogP contribution in [0.15, 0.2) is 78.4 Å². The Morgan fingerprint density at radius 1 is 1.18 bits per heavy atom. The number of fused-ring (bicyclic) bond motifs is 3. The van der Waals surface area contributed by atoms with Gasteiger partial charge in [0.15, 0.2) is 11.2 Å².